The molecule has 0 bridgehead atoms. The Labute approximate surface area is 109 Å². The van der Waals surface area contributed by atoms with E-state index >= 15 is 0 Å². The summed E-state index contributed by atoms with van der Waals surface area (Å²) < 4.78 is 5.17. The van der Waals surface area contributed by atoms with Gasteiger partial charge in [0.25, 0.3) is 0 Å². The Morgan fingerprint density at radius 1 is 1.44 bits per heavy atom. The van der Waals surface area contributed by atoms with E-state index in [1.807, 2.05) is 24.3 Å². The highest BCUT2D eigenvalue weighted by Crippen LogP contribution is 2.36. The molecule has 0 unspecified atom stereocenters. The quantitative estimate of drug-likeness (QED) is 0.862. The largest absolute Gasteiger partial charge is 0.356 e. The smallest absolute Gasteiger partial charge is 0.226 e. The third-order valence-corrected chi connectivity index (χ3v) is 3.81. The van der Waals surface area contributed by atoms with Crippen LogP contribution in [0, 0.1) is 0 Å². The van der Waals surface area contributed by atoms with Crippen molar-refractivity contribution in [3.05, 3.63) is 30.0 Å². The van der Waals surface area contributed by atoms with E-state index in [1.54, 1.807) is 0 Å². The maximum absolute atomic E-state index is 11.9. The van der Waals surface area contributed by atoms with Gasteiger partial charge in [0.15, 0.2) is 5.58 Å². The van der Waals surface area contributed by atoms with Crippen molar-refractivity contribution in [3.63, 3.8) is 0 Å². The Morgan fingerprint density at radius 3 is 2.94 bits per heavy atom. The number of aromatic nitrogens is 1. The Morgan fingerprint density at radius 2 is 2.22 bits per heavy atom. The molecule has 1 heterocycles. The molecule has 0 saturated heterocycles. The summed E-state index contributed by atoms with van der Waals surface area (Å²) in [7, 11) is 0. The molecule has 1 fully saturated rings. The Hall–Kier alpha value is -1.55. The standard InChI is InChI=1S/C13H13ClN2O2/c14-8-13(5-6-13)15-12(17)7-10-9-3-1-2-4-11(9)18-16-10/h1-4H,5-8H2,(H,15,17). The topological polar surface area (TPSA) is 55.1 Å². The van der Waals surface area contributed by atoms with Crippen molar-refractivity contribution >= 4 is 28.5 Å². The lowest BCUT2D eigenvalue weighted by Crippen LogP contribution is -2.39. The van der Waals surface area contributed by atoms with Gasteiger partial charge in [-0.25, -0.2) is 0 Å². The highest BCUT2D eigenvalue weighted by Gasteiger charge is 2.43. The lowest BCUT2D eigenvalue weighted by Gasteiger charge is -2.12. The maximum atomic E-state index is 11.9. The van der Waals surface area contributed by atoms with E-state index in [2.05, 4.69) is 10.5 Å². The third kappa shape index (κ3) is 2.08. The molecule has 94 valence electrons. The molecule has 1 N–H and O–H groups in total. The predicted molar refractivity (Wildman–Crippen MR) is 68.5 cm³/mol. The van der Waals surface area contributed by atoms with Crippen LogP contribution in [0.25, 0.3) is 11.0 Å². The van der Waals surface area contributed by atoms with E-state index in [9.17, 15) is 4.79 Å². The van der Waals surface area contributed by atoms with Crippen molar-refractivity contribution in [1.29, 1.82) is 0 Å². The molecule has 0 radical (unpaired) electrons. The molecule has 1 amide bonds. The Balaban J connectivity index is 1.74. The number of para-hydroxylation sites is 1. The fraction of sp³-hybridized carbons (Fsp3) is 0.385. The van der Waals surface area contributed by atoms with E-state index in [0.29, 0.717) is 17.2 Å². The summed E-state index contributed by atoms with van der Waals surface area (Å²) in [5, 5.41) is 7.80. The zero-order valence-electron chi connectivity index (χ0n) is 9.78. The van der Waals surface area contributed by atoms with Crippen LogP contribution in [0.1, 0.15) is 18.5 Å². The van der Waals surface area contributed by atoms with Crippen LogP contribution in [-0.2, 0) is 11.2 Å². The number of benzene rings is 1. The van der Waals surface area contributed by atoms with Crippen LogP contribution in [0.15, 0.2) is 28.8 Å². The highest BCUT2D eigenvalue weighted by atomic mass is 35.5. The predicted octanol–water partition coefficient (Wildman–Crippen LogP) is 2.26. The van der Waals surface area contributed by atoms with Crippen molar-refractivity contribution < 1.29 is 9.32 Å². The van der Waals surface area contributed by atoms with Crippen molar-refractivity contribution in [2.75, 3.05) is 5.88 Å². The lowest BCUT2D eigenvalue weighted by atomic mass is 10.1. The normalized spacial score (nSPS) is 16.7. The number of hydrogen-bond acceptors (Lipinski definition) is 3. The van der Waals surface area contributed by atoms with Crippen LogP contribution < -0.4 is 5.32 Å². The minimum Gasteiger partial charge on any atom is -0.356 e. The van der Waals surface area contributed by atoms with E-state index in [4.69, 9.17) is 16.1 Å². The first-order chi connectivity index (χ1) is 8.72. The van der Waals surface area contributed by atoms with E-state index < -0.39 is 0 Å². The molecule has 4 nitrogen and oxygen atoms in total. The molecule has 1 saturated carbocycles. The molecule has 1 aliphatic carbocycles. The second-order valence-corrected chi connectivity index (χ2v) is 5.03. The summed E-state index contributed by atoms with van der Waals surface area (Å²) in [4.78, 5) is 11.9. The molecule has 3 rings (SSSR count). The van der Waals surface area contributed by atoms with Crippen LogP contribution in [0.2, 0.25) is 0 Å². The second-order valence-electron chi connectivity index (χ2n) is 4.76. The number of hydrogen-bond donors (Lipinski definition) is 1. The van der Waals surface area contributed by atoms with Crippen molar-refractivity contribution in [3.8, 4) is 0 Å². The third-order valence-electron chi connectivity index (χ3n) is 3.29. The van der Waals surface area contributed by atoms with E-state index in [0.717, 1.165) is 18.2 Å². The van der Waals surface area contributed by atoms with Gasteiger partial charge in [-0.05, 0) is 25.0 Å². The summed E-state index contributed by atoms with van der Waals surface area (Å²) in [5.41, 5.74) is 1.21. The minimum absolute atomic E-state index is 0.0489. The molecule has 1 aromatic heterocycles. The fourth-order valence-corrected chi connectivity index (χ4v) is 2.33. The van der Waals surface area contributed by atoms with Crippen molar-refractivity contribution in [2.24, 2.45) is 0 Å². The van der Waals surface area contributed by atoms with Gasteiger partial charge in [0.05, 0.1) is 12.0 Å². The van der Waals surface area contributed by atoms with E-state index in [-0.39, 0.29) is 17.9 Å². The van der Waals surface area contributed by atoms with Gasteiger partial charge in [-0.15, -0.1) is 11.6 Å². The van der Waals surface area contributed by atoms with Crippen LogP contribution in [-0.4, -0.2) is 22.5 Å². The van der Waals surface area contributed by atoms with E-state index in [1.165, 1.54) is 0 Å². The van der Waals surface area contributed by atoms with Gasteiger partial charge < -0.3 is 9.84 Å². The van der Waals surface area contributed by atoms with Crippen LogP contribution >= 0.6 is 11.6 Å². The zero-order valence-corrected chi connectivity index (χ0v) is 10.5. The number of carbonyl (C=O) groups is 1. The van der Waals surface area contributed by atoms with Gasteiger partial charge >= 0.3 is 0 Å². The molecule has 2 aromatic rings. The average molecular weight is 265 g/mol. The molecule has 0 atom stereocenters. The molecule has 0 spiro atoms. The molecular formula is C13H13ClN2O2. The first-order valence-corrected chi connectivity index (χ1v) is 6.46. The number of alkyl halides is 1. The molecule has 1 aliphatic rings. The molecule has 5 heteroatoms. The Kier molecular flexibility index (Phi) is 2.74. The van der Waals surface area contributed by atoms with Gasteiger partial charge in [-0.3, -0.25) is 4.79 Å². The summed E-state index contributed by atoms with van der Waals surface area (Å²) in [6.07, 6.45) is 2.15. The highest BCUT2D eigenvalue weighted by molar-refractivity contribution is 6.19. The monoisotopic (exact) mass is 264 g/mol. The second kappa shape index (κ2) is 4.28. The van der Waals surface area contributed by atoms with Gasteiger partial charge in [0.1, 0.15) is 5.69 Å². The maximum Gasteiger partial charge on any atom is 0.226 e. The van der Waals surface area contributed by atoms with Gasteiger partial charge in [-0.1, -0.05) is 17.3 Å². The summed E-state index contributed by atoms with van der Waals surface area (Å²) in [6, 6.07) is 7.53. The summed E-state index contributed by atoms with van der Waals surface area (Å²) >= 11 is 5.83. The SMILES string of the molecule is O=C(Cc1noc2ccccc12)NC1(CCl)CC1. The van der Waals surface area contributed by atoms with Crippen LogP contribution in [0.5, 0.6) is 0 Å². The number of halogens is 1. The molecule has 1 aromatic carbocycles. The number of nitrogens with zero attached hydrogens (tertiary/aromatic N) is 1. The number of carbonyl (C=O) groups excluding carboxylic acids is 1. The first kappa shape index (κ1) is 11.5. The minimum atomic E-state index is -0.168. The average Bonchev–Trinajstić information content (AvgIpc) is 3.04. The van der Waals surface area contributed by atoms with Crippen molar-refractivity contribution in [1.82, 2.24) is 10.5 Å². The zero-order chi connectivity index (χ0) is 12.6. The number of fused-ring (bicyclic) bond motifs is 1. The summed E-state index contributed by atoms with van der Waals surface area (Å²) in [5.74, 6) is 0.422. The first-order valence-electron chi connectivity index (χ1n) is 5.93. The number of rotatable bonds is 4. The van der Waals surface area contributed by atoms with Crippen LogP contribution in [0.3, 0.4) is 0 Å². The lowest BCUT2D eigenvalue weighted by molar-refractivity contribution is -0.121. The van der Waals surface area contributed by atoms with Crippen LogP contribution in [0.4, 0.5) is 0 Å². The molecule has 0 aliphatic heterocycles. The fourth-order valence-electron chi connectivity index (χ4n) is 2.00. The molecule has 18 heavy (non-hydrogen) atoms. The number of nitrogens with one attached hydrogen (secondary N) is 1. The van der Waals surface area contributed by atoms with Gasteiger partial charge in [-0.2, -0.15) is 0 Å². The molecular weight excluding hydrogens is 252 g/mol. The van der Waals surface area contributed by atoms with Crippen molar-refractivity contribution in [2.45, 2.75) is 24.8 Å². The van der Waals surface area contributed by atoms with Gasteiger partial charge in [0, 0.05) is 11.3 Å². The number of amides is 1. The summed E-state index contributed by atoms with van der Waals surface area (Å²) in [6.45, 7) is 0. The Bertz CT molecular complexity index is 589. The van der Waals surface area contributed by atoms with Gasteiger partial charge in [0.2, 0.25) is 5.91 Å².